The van der Waals surface area contributed by atoms with Gasteiger partial charge in [-0.05, 0) is 81.2 Å². The van der Waals surface area contributed by atoms with E-state index in [1.54, 1.807) is 11.8 Å². The summed E-state index contributed by atoms with van der Waals surface area (Å²) in [7, 11) is 0. The first kappa shape index (κ1) is 22.7. The Hall–Kier alpha value is -2.58. The van der Waals surface area contributed by atoms with Crippen LogP contribution >= 0.6 is 0 Å². The monoisotopic (exact) mass is 396 g/mol. The van der Waals surface area contributed by atoms with Crippen molar-refractivity contribution in [1.29, 1.82) is 0 Å². The Labute approximate surface area is 174 Å². The quantitative estimate of drug-likeness (QED) is 0.608. The van der Waals surface area contributed by atoms with Gasteiger partial charge in [-0.15, -0.1) is 11.7 Å². The van der Waals surface area contributed by atoms with Gasteiger partial charge in [0, 0.05) is 30.6 Å². The van der Waals surface area contributed by atoms with Gasteiger partial charge in [-0.3, -0.25) is 9.59 Å². The van der Waals surface area contributed by atoms with Crippen molar-refractivity contribution in [2.24, 2.45) is 5.41 Å². The lowest BCUT2D eigenvalue weighted by molar-refractivity contribution is -0.361. The van der Waals surface area contributed by atoms with Crippen LogP contribution in [0.5, 0.6) is 0 Å². The van der Waals surface area contributed by atoms with Crippen LogP contribution in [0.3, 0.4) is 0 Å². The highest BCUT2D eigenvalue weighted by Crippen LogP contribution is 2.46. The van der Waals surface area contributed by atoms with Gasteiger partial charge in [0.15, 0.2) is 5.78 Å². The van der Waals surface area contributed by atoms with E-state index in [4.69, 9.17) is 0 Å². The number of nitrogens with zero attached hydrogens (tertiary/aromatic N) is 1. The first-order chi connectivity index (χ1) is 13.8. The largest absolute Gasteiger partial charge is 0.875 e. The lowest BCUT2D eigenvalue weighted by Gasteiger charge is -2.45. The number of carbonyl (C=O) groups is 2. The van der Waals surface area contributed by atoms with Crippen LogP contribution in [-0.2, 0) is 9.59 Å². The number of likely N-dealkylation sites (tertiary alicyclic amines) is 1. The molecule has 1 aromatic rings. The molecule has 1 spiro atoms. The van der Waals surface area contributed by atoms with Crippen LogP contribution in [0.1, 0.15) is 61.8 Å². The van der Waals surface area contributed by atoms with Crippen molar-refractivity contribution in [2.45, 2.75) is 53.4 Å². The molecule has 0 saturated carbocycles. The second-order valence-corrected chi connectivity index (χ2v) is 8.08. The molecule has 0 aromatic heterocycles. The van der Waals surface area contributed by atoms with Gasteiger partial charge < -0.3 is 15.7 Å². The van der Waals surface area contributed by atoms with Crippen molar-refractivity contribution in [1.82, 2.24) is 4.90 Å². The lowest BCUT2D eigenvalue weighted by Crippen LogP contribution is -2.48. The Morgan fingerprint density at radius 2 is 1.76 bits per heavy atom. The molecule has 3 N–H and O–H groups in total. The number of hydrogen-bond donors (Lipinski definition) is 1. The maximum atomic E-state index is 13.0. The van der Waals surface area contributed by atoms with E-state index >= 15 is 0 Å². The average Bonchev–Trinajstić information content (AvgIpc) is 2.65. The van der Waals surface area contributed by atoms with Crippen LogP contribution in [0, 0.1) is 31.1 Å². The van der Waals surface area contributed by atoms with E-state index in [1.165, 1.54) is 0 Å². The van der Waals surface area contributed by atoms with E-state index in [1.807, 2.05) is 32.9 Å². The molecule has 0 atom stereocenters. The molecule has 0 bridgehead atoms. The molecular weight excluding hydrogens is 364 g/mol. The number of ketones is 1. The molecule has 156 valence electrons. The smallest absolute Gasteiger partial charge is 0.209 e. The Balaban J connectivity index is 0.000000941. The summed E-state index contributed by atoms with van der Waals surface area (Å²) in [5.41, 5.74) is 7.10. The molecule has 1 aliphatic heterocycles. The van der Waals surface area contributed by atoms with Crippen molar-refractivity contribution in [3.05, 3.63) is 40.1 Å². The highest BCUT2D eigenvalue weighted by atomic mass is 16.3. The fraction of sp³-hybridized carbons (Fsp3) is 0.500. The molecule has 5 nitrogen and oxygen atoms in total. The zero-order chi connectivity index (χ0) is 21.6. The zero-order valence-electron chi connectivity index (χ0n) is 18.1. The fourth-order valence-corrected chi connectivity index (χ4v) is 4.39. The van der Waals surface area contributed by atoms with Gasteiger partial charge in [-0.2, -0.15) is 0 Å². The van der Waals surface area contributed by atoms with Crippen LogP contribution in [0.25, 0.3) is 5.57 Å². The van der Waals surface area contributed by atoms with E-state index in [2.05, 4.69) is 17.6 Å². The molecule has 1 aromatic carbocycles. The Bertz CT molecular complexity index is 843. The average molecular weight is 397 g/mol. The second-order valence-electron chi connectivity index (χ2n) is 8.08. The van der Waals surface area contributed by atoms with Crippen molar-refractivity contribution in [3.8, 4) is 11.8 Å². The second kappa shape index (κ2) is 9.76. The third-order valence-corrected chi connectivity index (χ3v) is 5.69. The number of amides is 1. The fourth-order valence-electron chi connectivity index (χ4n) is 4.39. The summed E-state index contributed by atoms with van der Waals surface area (Å²) < 4.78 is 0. The third-order valence-electron chi connectivity index (χ3n) is 5.69. The zero-order valence-corrected chi connectivity index (χ0v) is 18.1. The Morgan fingerprint density at radius 3 is 2.21 bits per heavy atom. The van der Waals surface area contributed by atoms with E-state index < -0.39 is 0 Å². The number of piperidine rings is 1. The topological polar surface area (TPSA) is 88.1 Å². The van der Waals surface area contributed by atoms with E-state index in [9.17, 15) is 14.7 Å². The van der Waals surface area contributed by atoms with Crippen LogP contribution in [-0.4, -0.2) is 36.7 Å². The van der Waals surface area contributed by atoms with Gasteiger partial charge in [0.1, 0.15) is 0 Å². The highest BCUT2D eigenvalue weighted by Gasteiger charge is 2.40. The number of rotatable bonds is 2. The summed E-state index contributed by atoms with van der Waals surface area (Å²) in [6, 6.07) is 3.89. The summed E-state index contributed by atoms with van der Waals surface area (Å²) >= 11 is 0. The number of benzene rings is 1. The minimum absolute atomic E-state index is 0.0543. The summed E-state index contributed by atoms with van der Waals surface area (Å²) in [5.74, 6) is 5.81. The first-order valence-corrected chi connectivity index (χ1v) is 10.3. The van der Waals surface area contributed by atoms with E-state index in [0.29, 0.717) is 31.5 Å². The summed E-state index contributed by atoms with van der Waals surface area (Å²) in [4.78, 5) is 25.6. The highest BCUT2D eigenvalue weighted by molar-refractivity contribution is 6.22. The molecule has 0 unspecified atom stereocenters. The molecular formula is C24H32N2O3. The molecule has 3 rings (SSSR count). The number of hydrogen-bond acceptors (Lipinski definition) is 3. The predicted molar refractivity (Wildman–Crippen MR) is 112 cm³/mol. The van der Waals surface area contributed by atoms with E-state index in [0.717, 1.165) is 48.1 Å². The summed E-state index contributed by atoms with van der Waals surface area (Å²) in [6.07, 6.45) is 3.09. The lowest BCUT2D eigenvalue weighted by atomic mass is 9.66. The predicted octanol–water partition coefficient (Wildman–Crippen LogP) is 1.60. The minimum Gasteiger partial charge on any atom is -0.875 e. The van der Waals surface area contributed by atoms with Gasteiger partial charge in [-0.1, -0.05) is 5.92 Å². The molecule has 29 heavy (non-hydrogen) atoms. The first-order valence-electron chi connectivity index (χ1n) is 10.3. The summed E-state index contributed by atoms with van der Waals surface area (Å²) in [6.45, 7) is 9.92. The van der Waals surface area contributed by atoms with Gasteiger partial charge in [0.2, 0.25) is 6.41 Å². The van der Waals surface area contributed by atoms with Crippen LogP contribution < -0.4 is 10.8 Å². The van der Waals surface area contributed by atoms with Crippen molar-refractivity contribution < 1.29 is 20.4 Å². The van der Waals surface area contributed by atoms with Crippen molar-refractivity contribution in [3.63, 3.8) is 0 Å². The normalized spacial score (nSPS) is 18.0. The number of aryl methyl sites for hydroxylation is 2. The van der Waals surface area contributed by atoms with Gasteiger partial charge in [0.05, 0.1) is 6.54 Å². The molecule has 1 amide bonds. The maximum absolute atomic E-state index is 13.0. The number of allylic oxidation sites excluding steroid dienone is 2. The maximum Gasteiger partial charge on any atom is 0.209 e. The molecule has 0 radical (unpaired) electrons. The molecule has 1 saturated heterocycles. The van der Waals surface area contributed by atoms with Crippen LogP contribution in [0.2, 0.25) is 0 Å². The van der Waals surface area contributed by atoms with Crippen molar-refractivity contribution >= 4 is 17.8 Å². The Morgan fingerprint density at radius 1 is 1.21 bits per heavy atom. The number of quaternary nitrogens is 1. The third kappa shape index (κ3) is 5.07. The van der Waals surface area contributed by atoms with Crippen LogP contribution in [0.4, 0.5) is 0 Å². The summed E-state index contributed by atoms with van der Waals surface area (Å²) in [5, 5.41) is 13.0. The van der Waals surface area contributed by atoms with Crippen molar-refractivity contribution in [2.75, 3.05) is 19.6 Å². The standard InChI is InChI=1S/C22H25NO3.C2H7N/c1-4-5-17-10-15(2)20(16(3)11-17)21-18(25)12-22(13-19(21)26)6-8-23(14-24)9-7-22;1-2-3/h10-11,14,25H,6-9,12-13H2,1-3H3;2-3H2,1H3. The SMILES string of the molecule is CC#Cc1cc(C)c(C2=C([O-])CC3(CCN(C=O)CC3)CC2=O)c(C)c1.CC[NH3+]. The minimum atomic E-state index is -0.271. The molecule has 5 heteroatoms. The van der Waals surface area contributed by atoms with Gasteiger partial charge >= 0.3 is 0 Å². The van der Waals surface area contributed by atoms with Gasteiger partial charge in [-0.25, -0.2) is 0 Å². The number of Topliss-reactive ketones (excluding diaryl/α,β-unsaturated/α-hetero) is 1. The molecule has 2 aliphatic rings. The Kier molecular flexibility index (Phi) is 7.64. The van der Waals surface area contributed by atoms with Crippen LogP contribution in [0.15, 0.2) is 17.9 Å². The number of carbonyl (C=O) groups excluding carboxylic acids is 2. The van der Waals surface area contributed by atoms with E-state index in [-0.39, 0.29) is 17.0 Å². The molecule has 1 heterocycles. The molecule has 1 fully saturated rings. The molecule has 1 aliphatic carbocycles. The van der Waals surface area contributed by atoms with Gasteiger partial charge in [0.25, 0.3) is 0 Å².